The van der Waals surface area contributed by atoms with Gasteiger partial charge in [-0.05, 0) is 60.0 Å². The smallest absolute Gasteiger partial charge is 0.0192 e. The molecule has 0 saturated carbocycles. The van der Waals surface area contributed by atoms with Gasteiger partial charge >= 0.3 is 0 Å². The average Bonchev–Trinajstić information content (AvgIpc) is 2.18. The highest BCUT2D eigenvalue weighted by Crippen LogP contribution is 2.09. The van der Waals surface area contributed by atoms with E-state index in [4.69, 9.17) is 0 Å². The van der Waals surface area contributed by atoms with Crippen LogP contribution in [0.3, 0.4) is 0 Å². The number of hydrogen-bond donors (Lipinski definition) is 1. The number of likely N-dealkylation sites (tertiary alicyclic amines) is 1. The van der Waals surface area contributed by atoms with Crippen molar-refractivity contribution >= 4 is 0 Å². The Bertz CT molecular complexity index is 147. The molecule has 0 aliphatic carbocycles. The van der Waals surface area contributed by atoms with Crippen LogP contribution in [0.2, 0.25) is 0 Å². The molecule has 0 radical (unpaired) electrons. The summed E-state index contributed by atoms with van der Waals surface area (Å²) in [5, 5.41) is 3.38. The number of nitrogens with zero attached hydrogens (tertiary/aromatic N) is 2. The van der Waals surface area contributed by atoms with Gasteiger partial charge < -0.3 is 15.1 Å². The standard InChI is InChI=1S/C11H25N3/c1-12-11-6-4-8-14(10-11)9-5-7-13(2)3/h11-12H,4-10H2,1-3H3. The first kappa shape index (κ1) is 12.0. The summed E-state index contributed by atoms with van der Waals surface area (Å²) in [6.45, 7) is 5.01. The SMILES string of the molecule is CNC1CCCN(CCCN(C)C)C1. The first-order valence-corrected chi connectivity index (χ1v) is 5.76. The molecule has 1 N–H and O–H groups in total. The van der Waals surface area contributed by atoms with E-state index in [1.54, 1.807) is 0 Å². The van der Waals surface area contributed by atoms with Gasteiger partial charge in [-0.25, -0.2) is 0 Å². The van der Waals surface area contributed by atoms with Crippen molar-refractivity contribution in [2.75, 3.05) is 47.3 Å². The van der Waals surface area contributed by atoms with Gasteiger partial charge in [0.15, 0.2) is 0 Å². The van der Waals surface area contributed by atoms with E-state index in [2.05, 4.69) is 36.3 Å². The third-order valence-electron chi connectivity index (χ3n) is 2.99. The number of rotatable bonds is 5. The van der Waals surface area contributed by atoms with Crippen LogP contribution in [-0.2, 0) is 0 Å². The minimum Gasteiger partial charge on any atom is -0.316 e. The van der Waals surface area contributed by atoms with Crippen molar-refractivity contribution in [2.45, 2.75) is 25.3 Å². The Kier molecular flexibility index (Phi) is 5.45. The van der Waals surface area contributed by atoms with Gasteiger partial charge in [-0.15, -0.1) is 0 Å². The number of nitrogens with one attached hydrogen (secondary N) is 1. The van der Waals surface area contributed by atoms with Crippen molar-refractivity contribution in [3.8, 4) is 0 Å². The highest BCUT2D eigenvalue weighted by molar-refractivity contribution is 4.76. The van der Waals surface area contributed by atoms with Crippen LogP contribution in [0.15, 0.2) is 0 Å². The molecule has 3 heteroatoms. The number of likely N-dealkylation sites (N-methyl/N-ethyl adjacent to an activating group) is 1. The van der Waals surface area contributed by atoms with Gasteiger partial charge in [0.25, 0.3) is 0 Å². The molecule has 0 bridgehead atoms. The van der Waals surface area contributed by atoms with E-state index in [0.717, 1.165) is 6.04 Å². The Balaban J connectivity index is 2.11. The Morgan fingerprint density at radius 3 is 2.86 bits per heavy atom. The maximum absolute atomic E-state index is 3.38. The van der Waals surface area contributed by atoms with Gasteiger partial charge in [0.1, 0.15) is 0 Å². The zero-order chi connectivity index (χ0) is 10.4. The highest BCUT2D eigenvalue weighted by atomic mass is 15.2. The topological polar surface area (TPSA) is 18.5 Å². The first-order valence-electron chi connectivity index (χ1n) is 5.76. The van der Waals surface area contributed by atoms with E-state index >= 15 is 0 Å². The second-order valence-corrected chi connectivity index (χ2v) is 4.59. The normalized spacial score (nSPS) is 24.4. The lowest BCUT2D eigenvalue weighted by atomic mass is 10.1. The molecule has 1 atom stereocenters. The van der Waals surface area contributed by atoms with Crippen molar-refractivity contribution in [1.82, 2.24) is 15.1 Å². The van der Waals surface area contributed by atoms with E-state index in [0.29, 0.717) is 0 Å². The Labute approximate surface area is 88.5 Å². The van der Waals surface area contributed by atoms with Gasteiger partial charge in [-0.2, -0.15) is 0 Å². The first-order chi connectivity index (χ1) is 6.72. The molecule has 1 fully saturated rings. The predicted molar refractivity (Wildman–Crippen MR) is 61.7 cm³/mol. The summed E-state index contributed by atoms with van der Waals surface area (Å²) < 4.78 is 0. The molecule has 0 spiro atoms. The molecule has 1 aliphatic rings. The molecule has 3 nitrogen and oxygen atoms in total. The summed E-state index contributed by atoms with van der Waals surface area (Å²) in [5.74, 6) is 0. The Morgan fingerprint density at radius 1 is 1.43 bits per heavy atom. The molecule has 0 amide bonds. The van der Waals surface area contributed by atoms with Gasteiger partial charge in [0.2, 0.25) is 0 Å². The van der Waals surface area contributed by atoms with Gasteiger partial charge in [0.05, 0.1) is 0 Å². The monoisotopic (exact) mass is 199 g/mol. The molecule has 0 aromatic carbocycles. The van der Waals surface area contributed by atoms with Crippen LogP contribution in [-0.4, -0.2) is 63.2 Å². The summed E-state index contributed by atoms with van der Waals surface area (Å²) in [6.07, 6.45) is 4.00. The van der Waals surface area contributed by atoms with Crippen molar-refractivity contribution < 1.29 is 0 Å². The molecule has 84 valence electrons. The summed E-state index contributed by atoms with van der Waals surface area (Å²) in [7, 11) is 6.37. The van der Waals surface area contributed by atoms with Gasteiger partial charge in [-0.1, -0.05) is 0 Å². The molecular weight excluding hydrogens is 174 g/mol. The molecule has 1 heterocycles. The van der Waals surface area contributed by atoms with E-state index in [9.17, 15) is 0 Å². The fraction of sp³-hybridized carbons (Fsp3) is 1.00. The van der Waals surface area contributed by atoms with E-state index in [1.807, 2.05) is 0 Å². The summed E-state index contributed by atoms with van der Waals surface area (Å²) >= 11 is 0. The molecule has 1 unspecified atom stereocenters. The van der Waals surface area contributed by atoms with Gasteiger partial charge in [0, 0.05) is 12.6 Å². The fourth-order valence-electron chi connectivity index (χ4n) is 2.10. The summed E-state index contributed by atoms with van der Waals surface area (Å²) in [4.78, 5) is 4.85. The molecule has 1 rings (SSSR count). The minimum absolute atomic E-state index is 0.725. The number of hydrogen-bond acceptors (Lipinski definition) is 3. The van der Waals surface area contributed by atoms with Crippen LogP contribution in [0.1, 0.15) is 19.3 Å². The molecular formula is C11H25N3. The fourth-order valence-corrected chi connectivity index (χ4v) is 2.10. The largest absolute Gasteiger partial charge is 0.316 e. The predicted octanol–water partition coefficient (Wildman–Crippen LogP) is 0.622. The maximum Gasteiger partial charge on any atom is 0.0192 e. The molecule has 1 aliphatic heterocycles. The van der Waals surface area contributed by atoms with Crippen LogP contribution < -0.4 is 5.32 Å². The number of piperidine rings is 1. The van der Waals surface area contributed by atoms with Crippen LogP contribution in [0.25, 0.3) is 0 Å². The van der Waals surface area contributed by atoms with Crippen LogP contribution in [0.5, 0.6) is 0 Å². The summed E-state index contributed by atoms with van der Waals surface area (Å²) in [5.41, 5.74) is 0. The zero-order valence-electron chi connectivity index (χ0n) is 9.92. The van der Waals surface area contributed by atoms with E-state index < -0.39 is 0 Å². The third kappa shape index (κ3) is 4.40. The Morgan fingerprint density at radius 2 is 2.21 bits per heavy atom. The van der Waals surface area contributed by atoms with Crippen molar-refractivity contribution in [1.29, 1.82) is 0 Å². The second kappa shape index (κ2) is 6.38. The lowest BCUT2D eigenvalue weighted by molar-refractivity contribution is 0.187. The summed E-state index contributed by atoms with van der Waals surface area (Å²) in [6, 6.07) is 0.725. The minimum atomic E-state index is 0.725. The third-order valence-corrected chi connectivity index (χ3v) is 2.99. The molecule has 0 aromatic rings. The zero-order valence-corrected chi connectivity index (χ0v) is 9.92. The van der Waals surface area contributed by atoms with Gasteiger partial charge in [-0.3, -0.25) is 0 Å². The lowest BCUT2D eigenvalue weighted by Crippen LogP contribution is -2.44. The van der Waals surface area contributed by atoms with Crippen LogP contribution in [0.4, 0.5) is 0 Å². The maximum atomic E-state index is 3.38. The molecule has 1 saturated heterocycles. The second-order valence-electron chi connectivity index (χ2n) is 4.59. The van der Waals surface area contributed by atoms with Crippen LogP contribution >= 0.6 is 0 Å². The van der Waals surface area contributed by atoms with Crippen molar-refractivity contribution in [2.24, 2.45) is 0 Å². The van der Waals surface area contributed by atoms with Crippen molar-refractivity contribution in [3.05, 3.63) is 0 Å². The van der Waals surface area contributed by atoms with E-state index in [-0.39, 0.29) is 0 Å². The van der Waals surface area contributed by atoms with Crippen molar-refractivity contribution in [3.63, 3.8) is 0 Å². The Hall–Kier alpha value is -0.120. The average molecular weight is 199 g/mol. The molecule has 0 aromatic heterocycles. The van der Waals surface area contributed by atoms with Crippen LogP contribution in [0, 0.1) is 0 Å². The highest BCUT2D eigenvalue weighted by Gasteiger charge is 2.17. The quantitative estimate of drug-likeness (QED) is 0.700. The lowest BCUT2D eigenvalue weighted by Gasteiger charge is -2.32. The van der Waals surface area contributed by atoms with E-state index in [1.165, 1.54) is 45.4 Å². The molecule has 14 heavy (non-hydrogen) atoms.